The summed E-state index contributed by atoms with van der Waals surface area (Å²) in [5.74, 6) is -1.73. The van der Waals surface area contributed by atoms with Crippen LogP contribution < -0.4 is 15.6 Å². The number of rotatable bonds is 6. The lowest BCUT2D eigenvalue weighted by molar-refractivity contribution is 0.173. The third kappa shape index (κ3) is 4.04. The summed E-state index contributed by atoms with van der Waals surface area (Å²) < 4.78 is 33.8. The van der Waals surface area contributed by atoms with E-state index in [2.05, 4.69) is 15.3 Å². The van der Waals surface area contributed by atoms with E-state index in [0.717, 1.165) is 31.4 Å². The van der Waals surface area contributed by atoms with Crippen molar-refractivity contribution >= 4 is 17.0 Å². The number of pyridine rings is 1. The zero-order valence-electron chi connectivity index (χ0n) is 15.7. The minimum absolute atomic E-state index is 0.0294. The SMILES string of the molecule is CC(O)Cn1c(=O)c(Oc2ccc(F)cc2F)cc2cnc(NC3CCC3)nc21. The molecule has 1 aliphatic carbocycles. The lowest BCUT2D eigenvalue weighted by Crippen LogP contribution is -2.29. The van der Waals surface area contributed by atoms with Gasteiger partial charge in [0.05, 0.1) is 12.6 Å². The van der Waals surface area contributed by atoms with Crippen LogP contribution in [0.3, 0.4) is 0 Å². The Morgan fingerprint density at radius 1 is 1.31 bits per heavy atom. The van der Waals surface area contributed by atoms with Crippen molar-refractivity contribution in [3.8, 4) is 11.5 Å². The maximum absolute atomic E-state index is 14.0. The monoisotopic (exact) mass is 402 g/mol. The Morgan fingerprint density at radius 3 is 2.76 bits per heavy atom. The van der Waals surface area contributed by atoms with Crippen molar-refractivity contribution in [3.63, 3.8) is 0 Å². The summed E-state index contributed by atoms with van der Waals surface area (Å²) >= 11 is 0. The van der Waals surface area contributed by atoms with Gasteiger partial charge in [-0.15, -0.1) is 0 Å². The summed E-state index contributed by atoms with van der Waals surface area (Å²) in [6, 6.07) is 4.54. The summed E-state index contributed by atoms with van der Waals surface area (Å²) in [7, 11) is 0. The average molecular weight is 402 g/mol. The van der Waals surface area contributed by atoms with Gasteiger partial charge in [0.15, 0.2) is 17.3 Å². The van der Waals surface area contributed by atoms with E-state index in [0.29, 0.717) is 29.1 Å². The Bertz CT molecular complexity index is 1110. The number of nitrogens with one attached hydrogen (secondary N) is 1. The van der Waals surface area contributed by atoms with Crippen molar-refractivity contribution < 1.29 is 18.6 Å². The fourth-order valence-electron chi connectivity index (χ4n) is 3.12. The Hall–Kier alpha value is -3.07. The van der Waals surface area contributed by atoms with Crippen LogP contribution in [0.5, 0.6) is 11.5 Å². The van der Waals surface area contributed by atoms with Crippen LogP contribution in [0.4, 0.5) is 14.7 Å². The molecule has 1 aromatic carbocycles. The van der Waals surface area contributed by atoms with Crippen LogP contribution in [0, 0.1) is 11.6 Å². The second-order valence-corrected chi connectivity index (χ2v) is 7.19. The average Bonchev–Trinajstić information content (AvgIpc) is 2.63. The lowest BCUT2D eigenvalue weighted by Gasteiger charge is -2.26. The number of aromatic nitrogens is 3. The van der Waals surface area contributed by atoms with Gasteiger partial charge in [-0.1, -0.05) is 0 Å². The smallest absolute Gasteiger partial charge is 0.295 e. The van der Waals surface area contributed by atoms with Crippen LogP contribution >= 0.6 is 0 Å². The van der Waals surface area contributed by atoms with Gasteiger partial charge < -0.3 is 15.2 Å². The highest BCUT2D eigenvalue weighted by Gasteiger charge is 2.20. The molecule has 29 heavy (non-hydrogen) atoms. The van der Waals surface area contributed by atoms with Crippen LogP contribution in [0.2, 0.25) is 0 Å². The van der Waals surface area contributed by atoms with Gasteiger partial charge in [0.1, 0.15) is 11.5 Å². The van der Waals surface area contributed by atoms with Gasteiger partial charge in [-0.25, -0.2) is 13.8 Å². The third-order valence-electron chi connectivity index (χ3n) is 4.79. The standard InChI is InChI=1S/C20H20F2N4O3/c1-11(27)10-26-18-12(9-23-20(25-18)24-14-3-2-4-14)7-17(19(26)28)29-16-6-5-13(21)8-15(16)22/h5-9,11,14,27H,2-4,10H2,1H3,(H,23,24,25). The predicted molar refractivity (Wildman–Crippen MR) is 103 cm³/mol. The minimum Gasteiger partial charge on any atom is -0.448 e. The number of halogens is 2. The van der Waals surface area contributed by atoms with Crippen molar-refractivity contribution in [1.82, 2.24) is 14.5 Å². The van der Waals surface area contributed by atoms with E-state index in [1.54, 1.807) is 6.92 Å². The molecule has 1 atom stereocenters. The molecule has 1 fully saturated rings. The molecule has 1 saturated carbocycles. The number of hydrogen-bond donors (Lipinski definition) is 2. The molecule has 9 heteroatoms. The Balaban J connectivity index is 1.77. The first-order chi connectivity index (χ1) is 13.9. The number of anilines is 1. The number of benzene rings is 1. The number of nitrogens with zero attached hydrogens (tertiary/aromatic N) is 3. The second-order valence-electron chi connectivity index (χ2n) is 7.19. The second kappa shape index (κ2) is 7.75. The van der Waals surface area contributed by atoms with E-state index in [-0.39, 0.29) is 18.0 Å². The van der Waals surface area contributed by atoms with Crippen molar-refractivity contribution in [3.05, 3.63) is 52.5 Å². The van der Waals surface area contributed by atoms with E-state index >= 15 is 0 Å². The first kappa shape index (κ1) is 19.3. The molecule has 152 valence electrons. The number of ether oxygens (including phenoxy) is 1. The molecule has 2 N–H and O–H groups in total. The van der Waals surface area contributed by atoms with E-state index < -0.39 is 23.3 Å². The van der Waals surface area contributed by atoms with E-state index in [1.807, 2.05) is 0 Å². The highest BCUT2D eigenvalue weighted by Crippen LogP contribution is 2.26. The molecule has 0 spiro atoms. The van der Waals surface area contributed by atoms with E-state index in [4.69, 9.17) is 4.74 Å². The summed E-state index contributed by atoms with van der Waals surface area (Å²) in [5.41, 5.74) is -0.255. The zero-order valence-corrected chi connectivity index (χ0v) is 15.7. The van der Waals surface area contributed by atoms with Crippen LogP contribution in [0.25, 0.3) is 11.0 Å². The molecule has 3 aromatic rings. The van der Waals surface area contributed by atoms with Gasteiger partial charge in [0.2, 0.25) is 5.95 Å². The van der Waals surface area contributed by atoms with Crippen LogP contribution in [-0.2, 0) is 6.54 Å². The van der Waals surface area contributed by atoms with Crippen LogP contribution in [0.1, 0.15) is 26.2 Å². The molecular formula is C20H20F2N4O3. The minimum atomic E-state index is -0.928. The lowest BCUT2D eigenvalue weighted by atomic mass is 9.93. The largest absolute Gasteiger partial charge is 0.448 e. The maximum Gasteiger partial charge on any atom is 0.295 e. The molecule has 0 bridgehead atoms. The van der Waals surface area contributed by atoms with Crippen LogP contribution in [-0.4, -0.2) is 31.8 Å². The fourth-order valence-corrected chi connectivity index (χ4v) is 3.12. The van der Waals surface area contributed by atoms with E-state index in [1.165, 1.54) is 16.8 Å². The molecule has 0 radical (unpaired) electrons. The summed E-state index contributed by atoms with van der Waals surface area (Å²) in [4.78, 5) is 21.7. The zero-order chi connectivity index (χ0) is 20.5. The highest BCUT2D eigenvalue weighted by molar-refractivity contribution is 5.77. The van der Waals surface area contributed by atoms with Crippen LogP contribution in [0.15, 0.2) is 35.3 Å². The number of aliphatic hydroxyl groups is 1. The predicted octanol–water partition coefficient (Wildman–Crippen LogP) is 3.21. The Morgan fingerprint density at radius 2 is 2.10 bits per heavy atom. The van der Waals surface area contributed by atoms with Crippen molar-refractivity contribution in [2.75, 3.05) is 5.32 Å². The molecule has 2 aromatic heterocycles. The molecule has 4 rings (SSSR count). The van der Waals surface area contributed by atoms with Crippen molar-refractivity contribution in [2.24, 2.45) is 0 Å². The first-order valence-corrected chi connectivity index (χ1v) is 9.39. The van der Waals surface area contributed by atoms with Crippen molar-refractivity contribution in [2.45, 2.75) is 44.9 Å². The maximum atomic E-state index is 14.0. The quantitative estimate of drug-likeness (QED) is 0.658. The summed E-state index contributed by atoms with van der Waals surface area (Å²) in [6.45, 7) is 1.51. The van der Waals surface area contributed by atoms with Crippen molar-refractivity contribution in [1.29, 1.82) is 0 Å². The molecule has 1 unspecified atom stereocenters. The number of aliphatic hydroxyl groups excluding tert-OH is 1. The first-order valence-electron chi connectivity index (χ1n) is 9.39. The van der Waals surface area contributed by atoms with Gasteiger partial charge >= 0.3 is 0 Å². The molecule has 7 nitrogen and oxygen atoms in total. The third-order valence-corrected chi connectivity index (χ3v) is 4.79. The fraction of sp³-hybridized carbons (Fsp3) is 0.350. The van der Waals surface area contributed by atoms with Gasteiger partial charge in [0, 0.05) is 23.7 Å². The topological polar surface area (TPSA) is 89.3 Å². The van der Waals surface area contributed by atoms with Gasteiger partial charge in [-0.05, 0) is 44.4 Å². The number of hydrogen-bond acceptors (Lipinski definition) is 6. The highest BCUT2D eigenvalue weighted by atomic mass is 19.1. The van der Waals surface area contributed by atoms with Gasteiger partial charge in [-0.3, -0.25) is 9.36 Å². The van der Waals surface area contributed by atoms with Gasteiger partial charge in [-0.2, -0.15) is 4.98 Å². The molecule has 2 heterocycles. The Labute approximate surface area is 165 Å². The molecule has 0 amide bonds. The normalized spacial score (nSPS) is 15.2. The van der Waals surface area contributed by atoms with E-state index in [9.17, 15) is 18.7 Å². The van der Waals surface area contributed by atoms with Gasteiger partial charge in [0.25, 0.3) is 5.56 Å². The molecule has 0 aliphatic heterocycles. The summed E-state index contributed by atoms with van der Waals surface area (Å²) in [5, 5.41) is 13.6. The molecule has 0 saturated heterocycles. The Kier molecular flexibility index (Phi) is 5.14. The molecular weight excluding hydrogens is 382 g/mol. The summed E-state index contributed by atoms with van der Waals surface area (Å²) in [6.07, 6.45) is 3.94. The molecule has 1 aliphatic rings. The number of fused-ring (bicyclic) bond motifs is 1.